The molecule has 4 nitrogen and oxygen atoms in total. The summed E-state index contributed by atoms with van der Waals surface area (Å²) in [5.41, 5.74) is -0.185. The van der Waals surface area contributed by atoms with Crippen LogP contribution in [0, 0.1) is 0 Å². The van der Waals surface area contributed by atoms with Crippen LogP contribution in [0.3, 0.4) is 0 Å². The summed E-state index contributed by atoms with van der Waals surface area (Å²) in [6, 6.07) is 0. The Morgan fingerprint density at radius 2 is 2.13 bits per heavy atom. The molecule has 0 aliphatic rings. The third kappa shape index (κ3) is 2.66. The van der Waals surface area contributed by atoms with Crippen LogP contribution in [-0.2, 0) is 0 Å². The van der Waals surface area contributed by atoms with E-state index in [0.717, 1.165) is 17.8 Å². The van der Waals surface area contributed by atoms with Crippen LogP contribution in [0.2, 0.25) is 4.47 Å². The Hall–Kier alpha value is -0.680. The average molecular weight is 248 g/mol. The van der Waals surface area contributed by atoms with E-state index in [4.69, 9.17) is 11.6 Å². The first-order valence-corrected chi connectivity index (χ1v) is 5.85. The molecule has 1 aromatic heterocycles. The van der Waals surface area contributed by atoms with E-state index < -0.39 is 0 Å². The van der Waals surface area contributed by atoms with Gasteiger partial charge in [-0.15, -0.1) is 10.2 Å². The van der Waals surface area contributed by atoms with Gasteiger partial charge in [-0.3, -0.25) is 4.79 Å². The maximum atomic E-state index is 11.9. The quantitative estimate of drug-likeness (QED) is 0.824. The Morgan fingerprint density at radius 1 is 1.53 bits per heavy atom. The average Bonchev–Trinajstić information content (AvgIpc) is 2.62. The highest BCUT2D eigenvalue weighted by atomic mass is 35.5. The minimum Gasteiger partial charge on any atom is -0.334 e. The highest BCUT2D eigenvalue weighted by Gasteiger charge is 2.28. The van der Waals surface area contributed by atoms with Crippen molar-refractivity contribution in [2.24, 2.45) is 0 Å². The molecule has 0 atom stereocenters. The summed E-state index contributed by atoms with van der Waals surface area (Å²) in [6.07, 6.45) is 0.877. The fourth-order valence-corrected chi connectivity index (χ4v) is 1.75. The number of hydrogen-bond donors (Lipinski definition) is 0. The molecule has 0 spiro atoms. The Kier molecular flexibility index (Phi) is 3.67. The number of halogens is 1. The van der Waals surface area contributed by atoms with Gasteiger partial charge in [0.15, 0.2) is 0 Å². The Morgan fingerprint density at radius 3 is 2.53 bits per heavy atom. The summed E-state index contributed by atoms with van der Waals surface area (Å²) < 4.78 is 0.293. The monoisotopic (exact) mass is 247 g/mol. The van der Waals surface area contributed by atoms with Gasteiger partial charge >= 0.3 is 0 Å². The molecule has 0 N–H and O–H groups in total. The summed E-state index contributed by atoms with van der Waals surface area (Å²) >= 11 is 6.73. The zero-order chi connectivity index (χ0) is 11.6. The minimum atomic E-state index is -0.185. The van der Waals surface area contributed by atoms with Crippen LogP contribution in [0.25, 0.3) is 0 Å². The highest BCUT2D eigenvalue weighted by Crippen LogP contribution is 2.22. The normalized spacial score (nSPS) is 11.5. The van der Waals surface area contributed by atoms with Crippen molar-refractivity contribution in [1.82, 2.24) is 15.1 Å². The summed E-state index contributed by atoms with van der Waals surface area (Å²) in [7, 11) is 1.77. The molecule has 0 aliphatic carbocycles. The van der Waals surface area contributed by atoms with Crippen molar-refractivity contribution in [2.45, 2.75) is 32.7 Å². The smallest absolute Gasteiger partial charge is 0.285 e. The molecular formula is C9H14ClN3OS. The predicted octanol–water partition coefficient (Wildman–Crippen LogP) is 2.45. The molecule has 0 fully saturated rings. The Bertz CT molecular complexity index is 364. The lowest BCUT2D eigenvalue weighted by Crippen LogP contribution is -2.44. The second-order valence-electron chi connectivity index (χ2n) is 3.89. The zero-order valence-electron chi connectivity index (χ0n) is 9.24. The van der Waals surface area contributed by atoms with E-state index in [1.165, 1.54) is 0 Å². The van der Waals surface area contributed by atoms with Gasteiger partial charge in [0.05, 0.1) is 0 Å². The minimum absolute atomic E-state index is 0.133. The van der Waals surface area contributed by atoms with Crippen molar-refractivity contribution in [2.75, 3.05) is 7.05 Å². The number of nitrogens with zero attached hydrogens (tertiary/aromatic N) is 3. The summed E-state index contributed by atoms with van der Waals surface area (Å²) in [5.74, 6) is -0.133. The lowest BCUT2D eigenvalue weighted by Gasteiger charge is -2.34. The first-order valence-electron chi connectivity index (χ1n) is 4.65. The molecule has 6 heteroatoms. The van der Waals surface area contributed by atoms with Crippen LogP contribution in [0.4, 0.5) is 0 Å². The van der Waals surface area contributed by atoms with Crippen molar-refractivity contribution in [1.29, 1.82) is 0 Å². The molecule has 15 heavy (non-hydrogen) atoms. The van der Waals surface area contributed by atoms with Gasteiger partial charge in [0.25, 0.3) is 5.91 Å². The number of carbonyl (C=O) groups excluding carboxylic acids is 1. The largest absolute Gasteiger partial charge is 0.334 e. The molecule has 84 valence electrons. The number of carbonyl (C=O) groups is 1. The van der Waals surface area contributed by atoms with Gasteiger partial charge in [0, 0.05) is 12.6 Å². The number of aromatic nitrogens is 2. The van der Waals surface area contributed by atoms with Gasteiger partial charge in [-0.1, -0.05) is 18.3 Å². The van der Waals surface area contributed by atoms with Gasteiger partial charge in [-0.25, -0.2) is 0 Å². The van der Waals surface area contributed by atoms with Gasteiger partial charge in [0.1, 0.15) is 0 Å². The highest BCUT2D eigenvalue weighted by molar-refractivity contribution is 7.17. The van der Waals surface area contributed by atoms with Gasteiger partial charge < -0.3 is 4.90 Å². The first-order chi connectivity index (χ1) is 6.88. The predicted molar refractivity (Wildman–Crippen MR) is 61.4 cm³/mol. The van der Waals surface area contributed by atoms with Crippen LogP contribution < -0.4 is 0 Å². The Labute approximate surface area is 98.3 Å². The number of rotatable bonds is 3. The molecule has 1 rings (SSSR count). The Balaban J connectivity index is 2.86. The van der Waals surface area contributed by atoms with E-state index in [-0.39, 0.29) is 11.4 Å². The SMILES string of the molecule is CCC(C)(C)N(C)C(=O)c1nnc(Cl)s1. The second-order valence-corrected chi connectivity index (χ2v) is 5.45. The summed E-state index contributed by atoms with van der Waals surface area (Å²) in [4.78, 5) is 13.6. The van der Waals surface area contributed by atoms with Gasteiger partial charge in [0.2, 0.25) is 9.47 Å². The molecule has 0 unspecified atom stereocenters. The molecule has 0 saturated heterocycles. The summed E-state index contributed by atoms with van der Waals surface area (Å²) in [5, 5.41) is 7.68. The van der Waals surface area contributed by atoms with E-state index in [1.807, 2.05) is 20.8 Å². The standard InChI is InChI=1S/C9H14ClN3OS/c1-5-9(2,3)13(4)7(14)6-11-12-8(10)15-6/h5H2,1-4H3. The van der Waals surface area contributed by atoms with Crippen molar-refractivity contribution in [3.05, 3.63) is 9.47 Å². The lowest BCUT2D eigenvalue weighted by molar-refractivity contribution is 0.0619. The van der Waals surface area contributed by atoms with E-state index in [2.05, 4.69) is 10.2 Å². The third-order valence-corrected chi connectivity index (χ3v) is 3.67. The van der Waals surface area contributed by atoms with Gasteiger partial charge in [-0.05, 0) is 31.9 Å². The third-order valence-electron chi connectivity index (χ3n) is 2.66. The molecule has 1 heterocycles. The van der Waals surface area contributed by atoms with Gasteiger partial charge in [-0.2, -0.15) is 0 Å². The fourth-order valence-electron chi connectivity index (χ4n) is 0.947. The van der Waals surface area contributed by atoms with E-state index in [1.54, 1.807) is 11.9 Å². The summed E-state index contributed by atoms with van der Waals surface area (Å²) in [6.45, 7) is 6.05. The first kappa shape index (κ1) is 12.4. The van der Waals surface area contributed by atoms with E-state index in [9.17, 15) is 4.79 Å². The molecule has 0 aliphatic heterocycles. The van der Waals surface area contributed by atoms with Crippen molar-refractivity contribution in [3.63, 3.8) is 0 Å². The molecule has 0 saturated carbocycles. The molecule has 1 amide bonds. The molecular weight excluding hydrogens is 234 g/mol. The number of hydrogen-bond acceptors (Lipinski definition) is 4. The number of amides is 1. The van der Waals surface area contributed by atoms with Crippen LogP contribution in [0.15, 0.2) is 0 Å². The maximum absolute atomic E-state index is 11.9. The molecule has 0 aromatic carbocycles. The molecule has 0 bridgehead atoms. The van der Waals surface area contributed by atoms with E-state index in [0.29, 0.717) is 9.47 Å². The van der Waals surface area contributed by atoms with Crippen LogP contribution in [-0.4, -0.2) is 33.6 Å². The van der Waals surface area contributed by atoms with Crippen LogP contribution in [0.5, 0.6) is 0 Å². The zero-order valence-corrected chi connectivity index (χ0v) is 10.8. The van der Waals surface area contributed by atoms with Crippen molar-refractivity contribution >= 4 is 28.8 Å². The van der Waals surface area contributed by atoms with E-state index >= 15 is 0 Å². The second kappa shape index (κ2) is 4.45. The topological polar surface area (TPSA) is 46.1 Å². The van der Waals surface area contributed by atoms with Crippen LogP contribution >= 0.6 is 22.9 Å². The maximum Gasteiger partial charge on any atom is 0.285 e. The fraction of sp³-hybridized carbons (Fsp3) is 0.667. The molecule has 0 radical (unpaired) electrons. The lowest BCUT2D eigenvalue weighted by atomic mass is 10.00. The van der Waals surface area contributed by atoms with Crippen molar-refractivity contribution < 1.29 is 4.79 Å². The molecule has 1 aromatic rings. The van der Waals surface area contributed by atoms with Crippen molar-refractivity contribution in [3.8, 4) is 0 Å². The van der Waals surface area contributed by atoms with Crippen LogP contribution in [0.1, 0.15) is 37.0 Å².